The van der Waals surface area contributed by atoms with Crippen LogP contribution in [0.15, 0.2) is 24.3 Å². The maximum Gasteiger partial charge on any atom is 0.337 e. The summed E-state index contributed by atoms with van der Waals surface area (Å²) in [5.74, 6) is -0.362. The zero-order valence-electron chi connectivity index (χ0n) is 12.7. The Balaban J connectivity index is 2.93. The first-order valence-electron chi connectivity index (χ1n) is 6.66. The molecular formula is C15H23NO3S. The maximum atomic E-state index is 12.2. The van der Waals surface area contributed by atoms with Gasteiger partial charge < -0.3 is 9.29 Å². The van der Waals surface area contributed by atoms with Crippen LogP contribution < -0.4 is 4.72 Å². The van der Waals surface area contributed by atoms with E-state index < -0.39 is 11.4 Å². The molecular weight excluding hydrogens is 274 g/mol. The van der Waals surface area contributed by atoms with Crippen LogP contribution in [-0.4, -0.2) is 22.4 Å². The first kappa shape index (κ1) is 17.0. The van der Waals surface area contributed by atoms with Crippen molar-refractivity contribution in [2.24, 2.45) is 0 Å². The number of methoxy groups -OCH3 is 1. The molecule has 1 aromatic rings. The molecule has 0 heterocycles. The molecule has 0 unspecified atom stereocenters. The van der Waals surface area contributed by atoms with Gasteiger partial charge in [0.25, 0.3) is 0 Å². The number of hydrogen-bond donors (Lipinski definition) is 1. The fourth-order valence-electron chi connectivity index (χ4n) is 1.69. The summed E-state index contributed by atoms with van der Waals surface area (Å²) < 4.78 is 19.7. The van der Waals surface area contributed by atoms with Gasteiger partial charge in [0.15, 0.2) is 0 Å². The van der Waals surface area contributed by atoms with E-state index in [0.29, 0.717) is 5.56 Å². The van der Waals surface area contributed by atoms with Crippen LogP contribution in [-0.2, 0) is 16.1 Å². The van der Waals surface area contributed by atoms with Crippen LogP contribution in [0.4, 0.5) is 0 Å². The van der Waals surface area contributed by atoms with Crippen molar-refractivity contribution in [3.63, 3.8) is 0 Å². The monoisotopic (exact) mass is 297 g/mol. The van der Waals surface area contributed by atoms with Gasteiger partial charge in [0, 0.05) is 11.4 Å². The first-order chi connectivity index (χ1) is 9.29. The number of carbonyl (C=O) groups is 1. The number of esters is 1. The fourth-order valence-corrected chi connectivity index (χ4v) is 2.61. The summed E-state index contributed by atoms with van der Waals surface area (Å²) in [4.78, 5) is 11.6. The van der Waals surface area contributed by atoms with E-state index in [9.17, 15) is 9.35 Å². The van der Waals surface area contributed by atoms with Gasteiger partial charge in [-0.05, 0) is 44.9 Å². The minimum absolute atomic E-state index is 0.0559. The molecule has 0 aliphatic rings. The summed E-state index contributed by atoms with van der Waals surface area (Å²) in [6.07, 6.45) is 0.784. The number of rotatable bonds is 5. The van der Waals surface area contributed by atoms with Gasteiger partial charge in [0.05, 0.1) is 18.7 Å². The number of nitrogens with one attached hydrogen (secondary N) is 1. The Hall–Kier alpha value is -1.04. The molecule has 0 aliphatic carbocycles. The predicted octanol–water partition coefficient (Wildman–Crippen LogP) is 2.98. The number of benzene rings is 1. The highest BCUT2D eigenvalue weighted by Gasteiger charge is 2.29. The third kappa shape index (κ3) is 4.51. The van der Waals surface area contributed by atoms with E-state index in [0.717, 1.165) is 12.0 Å². The van der Waals surface area contributed by atoms with Crippen molar-refractivity contribution in [1.29, 1.82) is 0 Å². The lowest BCUT2D eigenvalue weighted by atomic mass is 10.0. The van der Waals surface area contributed by atoms with Crippen molar-refractivity contribution in [3.05, 3.63) is 35.4 Å². The van der Waals surface area contributed by atoms with E-state index in [-0.39, 0.29) is 16.8 Å². The summed E-state index contributed by atoms with van der Waals surface area (Å²) in [6, 6.07) is 7.18. The van der Waals surface area contributed by atoms with Gasteiger partial charge in [-0.15, -0.1) is 4.72 Å². The van der Waals surface area contributed by atoms with Gasteiger partial charge in [-0.25, -0.2) is 4.79 Å². The van der Waals surface area contributed by atoms with E-state index in [1.807, 2.05) is 39.8 Å². The molecule has 0 spiro atoms. The highest BCUT2D eigenvalue weighted by Crippen LogP contribution is 2.23. The minimum atomic E-state index is -1.15. The number of ether oxygens (including phenoxy) is 1. The molecule has 2 atom stereocenters. The number of hydrogen-bond acceptors (Lipinski definition) is 4. The van der Waals surface area contributed by atoms with Crippen molar-refractivity contribution in [1.82, 2.24) is 4.72 Å². The Labute approximate surface area is 124 Å². The Morgan fingerprint density at radius 3 is 2.60 bits per heavy atom. The smallest absolute Gasteiger partial charge is 0.337 e. The molecule has 1 N–H and O–H groups in total. The molecule has 5 heteroatoms. The number of carbonyl (C=O) groups excluding carboxylic acids is 1. The quantitative estimate of drug-likeness (QED) is 0.670. The molecule has 0 aliphatic heterocycles. The molecule has 4 nitrogen and oxygen atoms in total. The van der Waals surface area contributed by atoms with Crippen LogP contribution in [0.5, 0.6) is 0 Å². The normalized spacial score (nSPS) is 14.7. The summed E-state index contributed by atoms with van der Waals surface area (Å²) >= 11 is -1.15. The lowest BCUT2D eigenvalue weighted by Gasteiger charge is -2.27. The molecule has 0 aromatic heterocycles. The molecule has 1 aromatic carbocycles. The minimum Gasteiger partial charge on any atom is -0.598 e. The lowest BCUT2D eigenvalue weighted by Crippen LogP contribution is -2.41. The van der Waals surface area contributed by atoms with Crippen molar-refractivity contribution >= 4 is 17.3 Å². The second-order valence-corrected chi connectivity index (χ2v) is 7.57. The van der Waals surface area contributed by atoms with Crippen molar-refractivity contribution in [2.45, 2.75) is 44.9 Å². The van der Waals surface area contributed by atoms with E-state index >= 15 is 0 Å². The van der Waals surface area contributed by atoms with Gasteiger partial charge in [-0.3, -0.25) is 0 Å². The van der Waals surface area contributed by atoms with Gasteiger partial charge in [-0.2, -0.15) is 0 Å². The molecule has 0 saturated heterocycles. The predicted molar refractivity (Wildman–Crippen MR) is 81.8 cm³/mol. The average molecular weight is 297 g/mol. The summed E-state index contributed by atoms with van der Waals surface area (Å²) in [5, 5.41) is 0. The second kappa shape index (κ2) is 7.11. The highest BCUT2D eigenvalue weighted by atomic mass is 32.2. The van der Waals surface area contributed by atoms with Gasteiger partial charge in [0.2, 0.25) is 0 Å². The molecule has 0 fully saturated rings. The van der Waals surface area contributed by atoms with Crippen molar-refractivity contribution in [3.8, 4) is 0 Å². The summed E-state index contributed by atoms with van der Waals surface area (Å²) in [5.41, 5.74) is 1.44. The molecule has 0 bridgehead atoms. The highest BCUT2D eigenvalue weighted by molar-refractivity contribution is 7.90. The molecule has 1 rings (SSSR count). The van der Waals surface area contributed by atoms with E-state index in [2.05, 4.69) is 4.72 Å². The van der Waals surface area contributed by atoms with E-state index in [1.54, 1.807) is 12.1 Å². The van der Waals surface area contributed by atoms with Crippen LogP contribution in [0.25, 0.3) is 0 Å². The third-order valence-electron chi connectivity index (χ3n) is 2.92. The molecule has 0 radical (unpaired) electrons. The topological polar surface area (TPSA) is 61.4 Å². The molecule has 112 valence electrons. The standard InChI is InChI=1S/C15H23NO3S/c1-6-13(16-20(18)15(2,3)4)11-8-7-9-12(10-11)14(17)19-5/h7-10,13,16H,6H2,1-5H3/t13-,20-/m1/s1. The average Bonchev–Trinajstić information content (AvgIpc) is 2.42. The molecule has 20 heavy (non-hydrogen) atoms. The summed E-state index contributed by atoms with van der Waals surface area (Å²) in [6.45, 7) is 7.79. The van der Waals surface area contributed by atoms with Crippen LogP contribution in [0.2, 0.25) is 0 Å². The van der Waals surface area contributed by atoms with Gasteiger partial charge in [0.1, 0.15) is 4.75 Å². The largest absolute Gasteiger partial charge is 0.598 e. The maximum absolute atomic E-state index is 12.2. The SMILES string of the molecule is CC[C@@H](N[S@+]([O-])C(C)(C)C)c1cccc(C(=O)OC)c1. The van der Waals surface area contributed by atoms with Crippen molar-refractivity contribution < 1.29 is 14.1 Å². The molecule has 0 saturated carbocycles. The third-order valence-corrected chi connectivity index (χ3v) is 4.53. The lowest BCUT2D eigenvalue weighted by molar-refractivity contribution is 0.0600. The van der Waals surface area contributed by atoms with Gasteiger partial charge in [-0.1, -0.05) is 19.1 Å². The molecule has 0 amide bonds. The van der Waals surface area contributed by atoms with E-state index in [1.165, 1.54) is 7.11 Å². The summed E-state index contributed by atoms with van der Waals surface area (Å²) in [7, 11) is 1.36. The zero-order valence-corrected chi connectivity index (χ0v) is 13.5. The van der Waals surface area contributed by atoms with Crippen LogP contribution in [0.3, 0.4) is 0 Å². The van der Waals surface area contributed by atoms with E-state index in [4.69, 9.17) is 4.74 Å². The fraction of sp³-hybridized carbons (Fsp3) is 0.533. The first-order valence-corrected chi connectivity index (χ1v) is 7.81. The van der Waals surface area contributed by atoms with Crippen molar-refractivity contribution in [2.75, 3.05) is 7.11 Å². The Kier molecular flexibility index (Phi) is 6.05. The van der Waals surface area contributed by atoms with Crippen LogP contribution in [0.1, 0.15) is 56.1 Å². The van der Waals surface area contributed by atoms with Crippen LogP contribution >= 0.6 is 0 Å². The Morgan fingerprint density at radius 2 is 2.10 bits per heavy atom. The Bertz CT molecular complexity index is 457. The van der Waals surface area contributed by atoms with Crippen LogP contribution in [0, 0.1) is 0 Å². The van der Waals surface area contributed by atoms with Gasteiger partial charge >= 0.3 is 5.97 Å². The Morgan fingerprint density at radius 1 is 1.45 bits per heavy atom. The second-order valence-electron chi connectivity index (χ2n) is 5.58. The zero-order chi connectivity index (χ0) is 15.3.